The molecule has 1 amide bonds. The number of hydrogen-bond acceptors (Lipinski definition) is 2. The zero-order valence-corrected chi connectivity index (χ0v) is 12.8. The second-order valence-corrected chi connectivity index (χ2v) is 5.26. The molecule has 0 atom stereocenters. The summed E-state index contributed by atoms with van der Waals surface area (Å²) in [4.78, 5) is 11.6. The summed E-state index contributed by atoms with van der Waals surface area (Å²) in [6.45, 7) is 0.446. The van der Waals surface area contributed by atoms with Crippen LogP contribution in [0.3, 0.4) is 0 Å². The van der Waals surface area contributed by atoms with Crippen LogP contribution >= 0.6 is 11.6 Å². The molecular formula is C16H14ClF3N2O. The molecule has 0 unspecified atom stereocenters. The number of carbonyl (C=O) groups is 1. The molecular weight excluding hydrogens is 329 g/mol. The first kappa shape index (κ1) is 17.3. The van der Waals surface area contributed by atoms with Crippen molar-refractivity contribution in [1.29, 1.82) is 0 Å². The van der Waals surface area contributed by atoms with Gasteiger partial charge in [0.2, 0.25) is 5.91 Å². The fraction of sp³-hybridized carbons (Fsp3) is 0.188. The predicted molar refractivity (Wildman–Crippen MR) is 83.0 cm³/mol. The molecule has 0 aromatic heterocycles. The van der Waals surface area contributed by atoms with Gasteiger partial charge in [-0.15, -0.1) is 0 Å². The smallest absolute Gasteiger partial charge is 0.238 e. The van der Waals surface area contributed by atoms with E-state index in [1.807, 2.05) is 12.1 Å². The lowest BCUT2D eigenvalue weighted by atomic mass is 10.1. The second kappa shape index (κ2) is 7.99. The van der Waals surface area contributed by atoms with E-state index in [4.69, 9.17) is 11.6 Å². The molecule has 0 saturated carbocycles. The highest BCUT2D eigenvalue weighted by Gasteiger charge is 2.14. The minimum absolute atomic E-state index is 0.0774. The van der Waals surface area contributed by atoms with Crippen molar-refractivity contribution in [2.24, 2.45) is 0 Å². The number of halogens is 4. The van der Waals surface area contributed by atoms with E-state index in [2.05, 4.69) is 10.6 Å². The molecule has 0 saturated heterocycles. The first-order chi connectivity index (χ1) is 11.0. The van der Waals surface area contributed by atoms with E-state index in [-0.39, 0.29) is 6.54 Å². The lowest BCUT2D eigenvalue weighted by Gasteiger charge is -2.08. The van der Waals surface area contributed by atoms with Gasteiger partial charge in [0, 0.05) is 5.02 Å². The third-order valence-corrected chi connectivity index (χ3v) is 3.35. The van der Waals surface area contributed by atoms with E-state index in [1.54, 1.807) is 12.1 Å². The first-order valence-electron chi connectivity index (χ1n) is 6.86. The molecule has 7 heteroatoms. The van der Waals surface area contributed by atoms with E-state index >= 15 is 0 Å². The van der Waals surface area contributed by atoms with Crippen LogP contribution in [0.1, 0.15) is 5.56 Å². The molecule has 0 heterocycles. The Kier molecular flexibility index (Phi) is 6.01. The van der Waals surface area contributed by atoms with Crippen LogP contribution in [0.2, 0.25) is 5.02 Å². The number of anilines is 1. The molecule has 0 aliphatic rings. The summed E-state index contributed by atoms with van der Waals surface area (Å²) in [6.07, 6.45) is 0.685. The molecule has 0 spiro atoms. The van der Waals surface area contributed by atoms with Gasteiger partial charge in [-0.05, 0) is 42.8 Å². The van der Waals surface area contributed by atoms with Crippen molar-refractivity contribution in [2.75, 3.05) is 18.4 Å². The van der Waals surface area contributed by atoms with Gasteiger partial charge < -0.3 is 10.6 Å². The maximum Gasteiger partial charge on any atom is 0.238 e. The topological polar surface area (TPSA) is 41.1 Å². The van der Waals surface area contributed by atoms with Gasteiger partial charge >= 0.3 is 0 Å². The Morgan fingerprint density at radius 2 is 1.70 bits per heavy atom. The van der Waals surface area contributed by atoms with Crippen molar-refractivity contribution in [2.45, 2.75) is 6.42 Å². The van der Waals surface area contributed by atoms with Gasteiger partial charge in [-0.25, -0.2) is 13.2 Å². The van der Waals surface area contributed by atoms with Gasteiger partial charge in [0.15, 0.2) is 17.5 Å². The fourth-order valence-electron chi connectivity index (χ4n) is 1.90. The van der Waals surface area contributed by atoms with Crippen LogP contribution in [0.4, 0.5) is 18.9 Å². The molecule has 2 N–H and O–H groups in total. The Hall–Kier alpha value is -2.05. The normalized spacial score (nSPS) is 10.6. The van der Waals surface area contributed by atoms with Crippen LogP contribution in [0.25, 0.3) is 0 Å². The lowest BCUT2D eigenvalue weighted by Crippen LogP contribution is -2.29. The largest absolute Gasteiger partial charge is 0.322 e. The quantitative estimate of drug-likeness (QED) is 0.623. The number of nitrogens with one attached hydrogen (secondary N) is 2. The molecule has 0 bridgehead atoms. The highest BCUT2D eigenvalue weighted by Crippen LogP contribution is 2.19. The van der Waals surface area contributed by atoms with Gasteiger partial charge in [0.25, 0.3) is 0 Å². The number of amides is 1. The average Bonchev–Trinajstić information content (AvgIpc) is 2.54. The van der Waals surface area contributed by atoms with Crippen LogP contribution in [-0.4, -0.2) is 19.0 Å². The molecule has 122 valence electrons. The summed E-state index contributed by atoms with van der Waals surface area (Å²) in [5.74, 6) is -4.88. The number of rotatable bonds is 6. The van der Waals surface area contributed by atoms with Gasteiger partial charge in [-0.1, -0.05) is 23.7 Å². The van der Waals surface area contributed by atoms with Crippen LogP contribution < -0.4 is 10.6 Å². The van der Waals surface area contributed by atoms with E-state index < -0.39 is 29.0 Å². The van der Waals surface area contributed by atoms with Crippen LogP contribution in [0.15, 0.2) is 36.4 Å². The van der Waals surface area contributed by atoms with Crippen LogP contribution in [-0.2, 0) is 11.2 Å². The standard InChI is InChI=1S/C16H14ClF3N2O/c17-11-3-1-10(2-4-11)7-8-21-9-14(23)22-13-6-5-12(18)15(19)16(13)20/h1-6,21H,7-9H2,(H,22,23). The van der Waals surface area contributed by atoms with Crippen LogP contribution in [0.5, 0.6) is 0 Å². The van der Waals surface area contributed by atoms with Crippen molar-refractivity contribution < 1.29 is 18.0 Å². The van der Waals surface area contributed by atoms with Gasteiger partial charge in [-0.2, -0.15) is 0 Å². The maximum absolute atomic E-state index is 13.4. The molecule has 2 aromatic rings. The fourth-order valence-corrected chi connectivity index (χ4v) is 2.03. The van der Waals surface area contributed by atoms with Gasteiger partial charge in [0.05, 0.1) is 12.2 Å². The molecule has 3 nitrogen and oxygen atoms in total. The van der Waals surface area contributed by atoms with E-state index in [0.29, 0.717) is 18.0 Å². The summed E-state index contributed by atoms with van der Waals surface area (Å²) in [5.41, 5.74) is 0.655. The van der Waals surface area contributed by atoms with Gasteiger partial charge in [-0.3, -0.25) is 4.79 Å². The summed E-state index contributed by atoms with van der Waals surface area (Å²) in [7, 11) is 0. The molecule has 0 fully saturated rings. The average molecular weight is 343 g/mol. The SMILES string of the molecule is O=C(CNCCc1ccc(Cl)cc1)Nc1ccc(F)c(F)c1F. The minimum Gasteiger partial charge on any atom is -0.322 e. The molecule has 0 aliphatic heterocycles. The van der Waals surface area contributed by atoms with Crippen molar-refractivity contribution in [3.8, 4) is 0 Å². The zero-order valence-electron chi connectivity index (χ0n) is 12.0. The number of hydrogen-bond donors (Lipinski definition) is 2. The zero-order chi connectivity index (χ0) is 16.8. The third-order valence-electron chi connectivity index (χ3n) is 3.10. The van der Waals surface area contributed by atoms with Crippen molar-refractivity contribution in [3.05, 3.63) is 64.4 Å². The highest BCUT2D eigenvalue weighted by atomic mass is 35.5. The van der Waals surface area contributed by atoms with Gasteiger partial charge in [0.1, 0.15) is 0 Å². The van der Waals surface area contributed by atoms with Crippen molar-refractivity contribution >= 4 is 23.2 Å². The monoisotopic (exact) mass is 342 g/mol. The summed E-state index contributed by atoms with van der Waals surface area (Å²) < 4.78 is 39.2. The summed E-state index contributed by atoms with van der Waals surface area (Å²) >= 11 is 5.78. The van der Waals surface area contributed by atoms with E-state index in [1.165, 1.54) is 0 Å². The second-order valence-electron chi connectivity index (χ2n) is 4.82. The Bertz CT molecular complexity index is 692. The molecule has 0 aliphatic carbocycles. The molecule has 23 heavy (non-hydrogen) atoms. The molecule has 2 aromatic carbocycles. The summed E-state index contributed by atoms with van der Waals surface area (Å²) in [6, 6.07) is 9.02. The van der Waals surface area contributed by atoms with E-state index in [0.717, 1.165) is 17.7 Å². The van der Waals surface area contributed by atoms with Crippen molar-refractivity contribution in [1.82, 2.24) is 5.32 Å². The first-order valence-corrected chi connectivity index (χ1v) is 7.23. The maximum atomic E-state index is 13.4. The highest BCUT2D eigenvalue weighted by molar-refractivity contribution is 6.30. The lowest BCUT2D eigenvalue weighted by molar-refractivity contribution is -0.115. The Morgan fingerprint density at radius 1 is 1.00 bits per heavy atom. The molecule has 0 radical (unpaired) electrons. The summed E-state index contributed by atoms with van der Waals surface area (Å²) in [5, 5.41) is 5.71. The predicted octanol–water partition coefficient (Wildman–Crippen LogP) is 3.53. The Balaban J connectivity index is 1.77. The minimum atomic E-state index is -1.61. The van der Waals surface area contributed by atoms with Crippen molar-refractivity contribution in [3.63, 3.8) is 0 Å². The number of carbonyl (C=O) groups excluding carboxylic acids is 1. The Morgan fingerprint density at radius 3 is 2.39 bits per heavy atom. The number of benzene rings is 2. The Labute approximate surface area is 136 Å². The third kappa shape index (κ3) is 4.97. The van der Waals surface area contributed by atoms with E-state index in [9.17, 15) is 18.0 Å². The van der Waals surface area contributed by atoms with Crippen LogP contribution in [0, 0.1) is 17.5 Å². The molecule has 2 rings (SSSR count).